The van der Waals surface area contributed by atoms with Gasteiger partial charge in [-0.05, 0) is 30.5 Å². The largest absolute Gasteiger partial charge is 0.497 e. The van der Waals surface area contributed by atoms with Crippen LogP contribution in [0.1, 0.15) is 51.5 Å². The number of amides is 4. The van der Waals surface area contributed by atoms with Gasteiger partial charge in [0, 0.05) is 6.54 Å². The number of hydrogen-bond donors (Lipinski definition) is 2. The summed E-state index contributed by atoms with van der Waals surface area (Å²) >= 11 is 0. The zero-order valence-corrected chi connectivity index (χ0v) is 16.3. The molecule has 0 unspecified atom stereocenters. The third kappa shape index (κ3) is 4.59. The van der Waals surface area contributed by atoms with Crippen molar-refractivity contribution >= 4 is 17.8 Å². The van der Waals surface area contributed by atoms with Crippen LogP contribution in [0.3, 0.4) is 0 Å². The Hall–Kier alpha value is -2.57. The molecule has 2 rings (SSSR count). The molecular formula is C20H29N3O4. The molecule has 2 N–H and O–H groups in total. The van der Waals surface area contributed by atoms with Gasteiger partial charge in [-0.3, -0.25) is 14.5 Å². The van der Waals surface area contributed by atoms with Crippen molar-refractivity contribution in [3.8, 4) is 5.75 Å². The molecule has 4 amide bonds. The first-order valence-electron chi connectivity index (χ1n) is 9.53. The molecular weight excluding hydrogens is 346 g/mol. The number of methoxy groups -OCH3 is 1. The molecule has 1 fully saturated rings. The maximum atomic E-state index is 13.0. The van der Waals surface area contributed by atoms with Crippen LogP contribution in [0.4, 0.5) is 4.79 Å². The van der Waals surface area contributed by atoms with E-state index < -0.39 is 17.5 Å². The molecule has 7 heteroatoms. The van der Waals surface area contributed by atoms with Crippen LogP contribution < -0.4 is 15.4 Å². The van der Waals surface area contributed by atoms with Gasteiger partial charge in [0.25, 0.3) is 5.91 Å². The van der Waals surface area contributed by atoms with E-state index in [1.807, 2.05) is 6.92 Å². The lowest BCUT2D eigenvalue weighted by atomic mass is 9.87. The number of unbranched alkanes of at least 4 members (excludes halogenated alkanes) is 3. The molecule has 0 aromatic heterocycles. The van der Waals surface area contributed by atoms with E-state index in [0.29, 0.717) is 24.3 Å². The predicted octanol–water partition coefficient (Wildman–Crippen LogP) is 2.55. The molecule has 1 heterocycles. The Morgan fingerprint density at radius 3 is 2.44 bits per heavy atom. The van der Waals surface area contributed by atoms with Crippen LogP contribution >= 0.6 is 0 Å². The third-order valence-corrected chi connectivity index (χ3v) is 4.94. The molecule has 0 spiro atoms. The van der Waals surface area contributed by atoms with Crippen molar-refractivity contribution in [2.75, 3.05) is 20.2 Å². The summed E-state index contributed by atoms with van der Waals surface area (Å²) in [5.74, 6) is -0.0565. The van der Waals surface area contributed by atoms with Gasteiger partial charge in [0.05, 0.1) is 7.11 Å². The molecule has 0 bridgehead atoms. The average molecular weight is 375 g/mol. The van der Waals surface area contributed by atoms with Crippen molar-refractivity contribution < 1.29 is 19.1 Å². The topological polar surface area (TPSA) is 87.7 Å². The fourth-order valence-corrected chi connectivity index (χ4v) is 3.26. The summed E-state index contributed by atoms with van der Waals surface area (Å²) in [6.07, 6.45) is 4.59. The summed E-state index contributed by atoms with van der Waals surface area (Å²) in [7, 11) is 1.57. The van der Waals surface area contributed by atoms with E-state index in [-0.39, 0.29) is 12.5 Å². The van der Waals surface area contributed by atoms with Crippen molar-refractivity contribution in [3.63, 3.8) is 0 Å². The van der Waals surface area contributed by atoms with Gasteiger partial charge in [-0.15, -0.1) is 0 Å². The number of urea groups is 1. The van der Waals surface area contributed by atoms with Gasteiger partial charge in [-0.1, -0.05) is 45.2 Å². The molecule has 1 aromatic carbocycles. The molecule has 0 radical (unpaired) electrons. The first-order chi connectivity index (χ1) is 13.0. The third-order valence-electron chi connectivity index (χ3n) is 4.94. The number of nitrogens with zero attached hydrogens (tertiary/aromatic N) is 1. The van der Waals surface area contributed by atoms with E-state index in [0.717, 1.165) is 30.6 Å². The number of imide groups is 1. The first kappa shape index (κ1) is 20.7. The Morgan fingerprint density at radius 1 is 1.15 bits per heavy atom. The molecule has 148 valence electrons. The van der Waals surface area contributed by atoms with Gasteiger partial charge in [0.1, 0.15) is 17.8 Å². The number of rotatable bonds is 10. The fraction of sp³-hybridized carbons (Fsp3) is 0.550. The zero-order valence-electron chi connectivity index (χ0n) is 16.3. The van der Waals surface area contributed by atoms with Gasteiger partial charge in [0.15, 0.2) is 0 Å². The standard InChI is InChI=1S/C20H29N3O4/c1-4-6-7-8-13-21-17(24)14-23-18(25)20(5-2,22-19(23)26)15-9-11-16(27-3)12-10-15/h9-12H,4-8,13-14H2,1-3H3,(H,21,24)(H,22,26)/t20-/m0/s1. The molecule has 1 aromatic rings. The Bertz CT molecular complexity index is 674. The molecule has 1 saturated heterocycles. The molecule has 1 aliphatic rings. The highest BCUT2D eigenvalue weighted by Crippen LogP contribution is 2.33. The second kappa shape index (κ2) is 9.39. The highest BCUT2D eigenvalue weighted by molar-refractivity contribution is 6.09. The highest BCUT2D eigenvalue weighted by Gasteiger charge is 2.51. The predicted molar refractivity (Wildman–Crippen MR) is 102 cm³/mol. The Balaban J connectivity index is 2.04. The van der Waals surface area contributed by atoms with Gasteiger partial charge in [-0.25, -0.2) is 4.79 Å². The van der Waals surface area contributed by atoms with Crippen LogP contribution in [-0.4, -0.2) is 42.9 Å². The van der Waals surface area contributed by atoms with E-state index in [1.54, 1.807) is 31.4 Å². The molecule has 0 aliphatic carbocycles. The second-order valence-corrected chi connectivity index (χ2v) is 6.72. The van der Waals surface area contributed by atoms with E-state index in [9.17, 15) is 14.4 Å². The lowest BCUT2D eigenvalue weighted by Gasteiger charge is -2.26. The summed E-state index contributed by atoms with van der Waals surface area (Å²) in [4.78, 5) is 38.5. The zero-order chi connectivity index (χ0) is 19.9. The van der Waals surface area contributed by atoms with E-state index >= 15 is 0 Å². The molecule has 0 saturated carbocycles. The van der Waals surface area contributed by atoms with Crippen molar-refractivity contribution in [2.45, 2.75) is 51.5 Å². The highest BCUT2D eigenvalue weighted by atomic mass is 16.5. The SMILES string of the molecule is CCCCCCNC(=O)CN1C(=O)N[C@@](CC)(c2ccc(OC)cc2)C1=O. The molecule has 7 nitrogen and oxygen atoms in total. The van der Waals surface area contributed by atoms with E-state index in [4.69, 9.17) is 4.74 Å². The Labute approximate surface area is 160 Å². The van der Waals surface area contributed by atoms with E-state index in [2.05, 4.69) is 17.6 Å². The van der Waals surface area contributed by atoms with Crippen molar-refractivity contribution in [2.24, 2.45) is 0 Å². The summed E-state index contributed by atoms with van der Waals surface area (Å²) in [6.45, 7) is 4.24. The van der Waals surface area contributed by atoms with Crippen molar-refractivity contribution in [1.82, 2.24) is 15.5 Å². The monoisotopic (exact) mass is 375 g/mol. The quantitative estimate of drug-likeness (QED) is 0.486. The van der Waals surface area contributed by atoms with Crippen LogP contribution in [0.25, 0.3) is 0 Å². The minimum absolute atomic E-state index is 0.268. The molecule has 27 heavy (non-hydrogen) atoms. The van der Waals surface area contributed by atoms with Gasteiger partial charge < -0.3 is 15.4 Å². The van der Waals surface area contributed by atoms with E-state index in [1.165, 1.54) is 0 Å². The molecule has 1 atom stereocenters. The van der Waals surface area contributed by atoms with Crippen LogP contribution in [0.15, 0.2) is 24.3 Å². The normalized spacial score (nSPS) is 19.1. The number of nitrogens with one attached hydrogen (secondary N) is 2. The number of carbonyl (C=O) groups is 3. The van der Waals surface area contributed by atoms with Crippen LogP contribution in [0.2, 0.25) is 0 Å². The minimum atomic E-state index is -1.15. The average Bonchev–Trinajstić information content (AvgIpc) is 2.93. The number of carbonyl (C=O) groups excluding carboxylic acids is 3. The van der Waals surface area contributed by atoms with Gasteiger partial charge in [0.2, 0.25) is 5.91 Å². The maximum Gasteiger partial charge on any atom is 0.325 e. The van der Waals surface area contributed by atoms with Crippen molar-refractivity contribution in [1.29, 1.82) is 0 Å². The number of benzene rings is 1. The second-order valence-electron chi connectivity index (χ2n) is 6.72. The summed E-state index contributed by atoms with van der Waals surface area (Å²) in [5, 5.41) is 5.56. The smallest absolute Gasteiger partial charge is 0.325 e. The van der Waals surface area contributed by atoms with Crippen LogP contribution in [0.5, 0.6) is 5.75 Å². The summed E-state index contributed by atoms with van der Waals surface area (Å²) in [5.41, 5.74) is -0.475. The number of ether oxygens (including phenoxy) is 1. The Kier molecular flexibility index (Phi) is 7.21. The lowest BCUT2D eigenvalue weighted by molar-refractivity contribution is -0.135. The van der Waals surface area contributed by atoms with Crippen LogP contribution in [0, 0.1) is 0 Å². The fourth-order valence-electron chi connectivity index (χ4n) is 3.26. The lowest BCUT2D eigenvalue weighted by Crippen LogP contribution is -2.44. The summed E-state index contributed by atoms with van der Waals surface area (Å²) in [6, 6.07) is 6.48. The summed E-state index contributed by atoms with van der Waals surface area (Å²) < 4.78 is 5.15. The number of hydrogen-bond acceptors (Lipinski definition) is 4. The Morgan fingerprint density at radius 2 is 1.85 bits per heavy atom. The molecule has 1 aliphatic heterocycles. The minimum Gasteiger partial charge on any atom is -0.497 e. The first-order valence-corrected chi connectivity index (χ1v) is 9.53. The van der Waals surface area contributed by atoms with Crippen LogP contribution in [-0.2, 0) is 15.1 Å². The van der Waals surface area contributed by atoms with Gasteiger partial charge >= 0.3 is 6.03 Å². The maximum absolute atomic E-state index is 13.0. The van der Waals surface area contributed by atoms with Gasteiger partial charge in [-0.2, -0.15) is 0 Å². The van der Waals surface area contributed by atoms with Crippen molar-refractivity contribution in [3.05, 3.63) is 29.8 Å².